The SMILES string of the molecule is c1ccc(-c2oc3c(c(-c4cccc(-c5ccc(-c6nc7ccccc7n6-c6ccccc6)cc5)c4)nc4ccccc43)c2-c2ccccc2)cc1. The van der Waals surface area contributed by atoms with Crippen molar-refractivity contribution in [2.75, 3.05) is 0 Å². The Bertz CT molecular complexity index is 2870. The summed E-state index contributed by atoms with van der Waals surface area (Å²) in [6.45, 7) is 0. The number of rotatable bonds is 6. The molecule has 0 saturated carbocycles. The highest BCUT2D eigenvalue weighted by Gasteiger charge is 2.24. The Morgan fingerprint density at radius 3 is 1.79 bits per heavy atom. The summed E-state index contributed by atoms with van der Waals surface area (Å²) in [5.41, 5.74) is 13.2. The Balaban J connectivity index is 1.13. The van der Waals surface area contributed by atoms with Gasteiger partial charge in [-0.05, 0) is 59.2 Å². The van der Waals surface area contributed by atoms with Crippen LogP contribution in [-0.2, 0) is 0 Å². The van der Waals surface area contributed by atoms with Crippen molar-refractivity contribution < 1.29 is 4.42 Å². The maximum atomic E-state index is 6.90. The molecule has 3 aromatic heterocycles. The number of nitrogens with zero attached hydrogens (tertiary/aromatic N) is 3. The number of para-hydroxylation sites is 4. The summed E-state index contributed by atoms with van der Waals surface area (Å²) in [6.07, 6.45) is 0. The molecule has 0 unspecified atom stereocenters. The van der Waals surface area contributed by atoms with Gasteiger partial charge < -0.3 is 4.42 Å². The molecular formula is C48H31N3O. The summed E-state index contributed by atoms with van der Waals surface area (Å²) < 4.78 is 9.14. The van der Waals surface area contributed by atoms with Gasteiger partial charge in [0.1, 0.15) is 17.2 Å². The summed E-state index contributed by atoms with van der Waals surface area (Å²) in [4.78, 5) is 10.4. The topological polar surface area (TPSA) is 43.9 Å². The average molecular weight is 666 g/mol. The molecule has 0 N–H and O–H groups in total. The van der Waals surface area contributed by atoms with Crippen molar-refractivity contribution in [3.05, 3.63) is 188 Å². The number of hydrogen-bond acceptors (Lipinski definition) is 3. The van der Waals surface area contributed by atoms with Gasteiger partial charge in [-0.2, -0.15) is 0 Å². The molecule has 7 aromatic carbocycles. The lowest BCUT2D eigenvalue weighted by Gasteiger charge is -2.12. The molecule has 0 atom stereocenters. The molecule has 0 radical (unpaired) electrons. The van der Waals surface area contributed by atoms with E-state index in [0.717, 1.165) is 94.8 Å². The molecule has 0 fully saturated rings. The first kappa shape index (κ1) is 29.8. The van der Waals surface area contributed by atoms with Crippen LogP contribution in [0.3, 0.4) is 0 Å². The highest BCUT2D eigenvalue weighted by molar-refractivity contribution is 6.16. The largest absolute Gasteiger partial charge is 0.455 e. The molecule has 10 rings (SSSR count). The first-order valence-electron chi connectivity index (χ1n) is 17.5. The molecule has 0 aliphatic rings. The monoisotopic (exact) mass is 665 g/mol. The number of fused-ring (bicyclic) bond motifs is 4. The van der Waals surface area contributed by atoms with Gasteiger partial charge in [0, 0.05) is 33.3 Å². The van der Waals surface area contributed by atoms with Crippen LogP contribution in [0.4, 0.5) is 0 Å². The fourth-order valence-corrected chi connectivity index (χ4v) is 7.38. The van der Waals surface area contributed by atoms with Gasteiger partial charge in [-0.25, -0.2) is 9.97 Å². The van der Waals surface area contributed by atoms with Crippen LogP contribution in [0, 0.1) is 0 Å². The van der Waals surface area contributed by atoms with Gasteiger partial charge in [0.25, 0.3) is 0 Å². The Morgan fingerprint density at radius 2 is 1.02 bits per heavy atom. The third-order valence-electron chi connectivity index (χ3n) is 9.81. The summed E-state index contributed by atoms with van der Waals surface area (Å²) in [7, 11) is 0. The van der Waals surface area contributed by atoms with Crippen LogP contribution in [0.25, 0.3) is 94.8 Å². The zero-order valence-corrected chi connectivity index (χ0v) is 28.1. The van der Waals surface area contributed by atoms with Crippen molar-refractivity contribution in [2.24, 2.45) is 0 Å². The van der Waals surface area contributed by atoms with E-state index in [1.54, 1.807) is 0 Å². The highest BCUT2D eigenvalue weighted by Crippen LogP contribution is 2.47. The lowest BCUT2D eigenvalue weighted by atomic mass is 9.93. The van der Waals surface area contributed by atoms with E-state index >= 15 is 0 Å². The standard InChI is InChI=1S/C48H31N3O/c1-4-15-33(16-5-1)43-44-45(49-40-24-11-10-23-39(40)47(44)52-46(43)34-17-6-2-7-18-34)37-20-14-19-36(31-37)32-27-29-35(30-28-32)48-50-41-25-12-13-26-42(41)51(48)38-21-8-3-9-22-38/h1-31H. The van der Waals surface area contributed by atoms with Crippen molar-refractivity contribution in [3.63, 3.8) is 0 Å². The van der Waals surface area contributed by atoms with Crippen molar-refractivity contribution in [2.45, 2.75) is 0 Å². The van der Waals surface area contributed by atoms with Crippen LogP contribution in [0.2, 0.25) is 0 Å². The maximum absolute atomic E-state index is 6.90. The molecule has 52 heavy (non-hydrogen) atoms. The Hall–Kier alpha value is -7.04. The molecule has 4 nitrogen and oxygen atoms in total. The normalized spacial score (nSPS) is 11.5. The van der Waals surface area contributed by atoms with Crippen LogP contribution in [0.15, 0.2) is 192 Å². The van der Waals surface area contributed by atoms with E-state index in [-0.39, 0.29) is 0 Å². The summed E-state index contributed by atoms with van der Waals surface area (Å²) in [5.74, 6) is 1.76. The molecular weight excluding hydrogens is 635 g/mol. The molecule has 3 heterocycles. The highest BCUT2D eigenvalue weighted by atomic mass is 16.3. The van der Waals surface area contributed by atoms with E-state index in [2.05, 4.69) is 168 Å². The van der Waals surface area contributed by atoms with Gasteiger partial charge in [0.15, 0.2) is 0 Å². The third kappa shape index (κ3) is 5.00. The van der Waals surface area contributed by atoms with E-state index in [4.69, 9.17) is 14.4 Å². The van der Waals surface area contributed by atoms with Gasteiger partial charge in [-0.1, -0.05) is 146 Å². The molecule has 10 aromatic rings. The summed E-state index contributed by atoms with van der Waals surface area (Å²) in [5, 5.41) is 2.00. The second kappa shape index (κ2) is 12.4. The molecule has 244 valence electrons. The second-order valence-electron chi connectivity index (χ2n) is 13.0. The molecule has 0 aliphatic carbocycles. The quantitative estimate of drug-likeness (QED) is 0.178. The van der Waals surface area contributed by atoms with Gasteiger partial charge in [0.2, 0.25) is 0 Å². The minimum absolute atomic E-state index is 0.842. The Labute approximate surface area is 300 Å². The molecule has 0 amide bonds. The molecule has 0 bridgehead atoms. The summed E-state index contributed by atoms with van der Waals surface area (Å²) in [6, 6.07) is 65.3. The smallest absolute Gasteiger partial charge is 0.147 e. The average Bonchev–Trinajstić information content (AvgIpc) is 3.82. The van der Waals surface area contributed by atoms with Gasteiger partial charge >= 0.3 is 0 Å². The van der Waals surface area contributed by atoms with Crippen LogP contribution >= 0.6 is 0 Å². The number of hydrogen-bond donors (Lipinski definition) is 0. The van der Waals surface area contributed by atoms with Crippen molar-refractivity contribution in [1.29, 1.82) is 0 Å². The van der Waals surface area contributed by atoms with E-state index in [0.29, 0.717) is 0 Å². The Morgan fingerprint density at radius 1 is 0.423 bits per heavy atom. The third-order valence-corrected chi connectivity index (χ3v) is 9.81. The number of benzene rings is 7. The zero-order chi connectivity index (χ0) is 34.4. The van der Waals surface area contributed by atoms with Crippen LogP contribution in [-0.4, -0.2) is 14.5 Å². The van der Waals surface area contributed by atoms with Crippen molar-refractivity contribution in [1.82, 2.24) is 14.5 Å². The first-order chi connectivity index (χ1) is 25.8. The van der Waals surface area contributed by atoms with E-state index in [1.807, 2.05) is 24.3 Å². The minimum atomic E-state index is 0.842. The molecule has 4 heteroatoms. The van der Waals surface area contributed by atoms with Crippen molar-refractivity contribution >= 4 is 32.9 Å². The number of pyridine rings is 1. The number of imidazole rings is 1. The Kier molecular flexibility index (Phi) is 7.10. The molecule has 0 aliphatic heterocycles. The van der Waals surface area contributed by atoms with E-state index in [9.17, 15) is 0 Å². The fraction of sp³-hybridized carbons (Fsp3) is 0. The summed E-state index contributed by atoms with van der Waals surface area (Å²) >= 11 is 0. The minimum Gasteiger partial charge on any atom is -0.455 e. The van der Waals surface area contributed by atoms with E-state index in [1.165, 1.54) is 0 Å². The zero-order valence-electron chi connectivity index (χ0n) is 28.1. The lowest BCUT2D eigenvalue weighted by Crippen LogP contribution is -1.97. The van der Waals surface area contributed by atoms with Crippen molar-refractivity contribution in [3.8, 4) is 61.9 Å². The lowest BCUT2D eigenvalue weighted by molar-refractivity contribution is 0.636. The predicted octanol–water partition coefficient (Wildman–Crippen LogP) is 12.7. The first-order valence-corrected chi connectivity index (χ1v) is 17.5. The van der Waals surface area contributed by atoms with Gasteiger partial charge in [0.05, 0.1) is 27.6 Å². The number of furan rings is 1. The van der Waals surface area contributed by atoms with Crippen LogP contribution in [0.5, 0.6) is 0 Å². The number of aromatic nitrogens is 3. The second-order valence-corrected chi connectivity index (χ2v) is 13.0. The fourth-order valence-electron chi connectivity index (χ4n) is 7.38. The predicted molar refractivity (Wildman–Crippen MR) is 213 cm³/mol. The molecule has 0 spiro atoms. The molecule has 0 saturated heterocycles. The maximum Gasteiger partial charge on any atom is 0.147 e. The van der Waals surface area contributed by atoms with Crippen LogP contribution < -0.4 is 0 Å². The van der Waals surface area contributed by atoms with Gasteiger partial charge in [-0.15, -0.1) is 0 Å². The van der Waals surface area contributed by atoms with Crippen LogP contribution in [0.1, 0.15) is 0 Å². The van der Waals surface area contributed by atoms with E-state index < -0.39 is 0 Å². The van der Waals surface area contributed by atoms with Gasteiger partial charge in [-0.3, -0.25) is 4.57 Å².